The van der Waals surface area contributed by atoms with Gasteiger partial charge in [0.15, 0.2) is 0 Å². The fourth-order valence-corrected chi connectivity index (χ4v) is 5.31. The first-order valence-corrected chi connectivity index (χ1v) is 16.6. The number of nitrogens with zero attached hydrogens (tertiary/aromatic N) is 2. The largest absolute Gasteiger partial charge is 0.417 e. The zero-order chi connectivity index (χ0) is 33.5. The minimum Gasteiger partial charge on any atom is -0.385 e. The Morgan fingerprint density at radius 3 is 2.18 bits per heavy atom. The van der Waals surface area contributed by atoms with Crippen molar-refractivity contribution in [2.45, 2.75) is 97.7 Å². The van der Waals surface area contributed by atoms with Crippen LogP contribution in [0.1, 0.15) is 100 Å². The number of nitrogens with one attached hydrogen (secondary N) is 1. The maximum absolute atomic E-state index is 14.3. The lowest BCUT2D eigenvalue weighted by Crippen LogP contribution is -2.49. The molecular formula is C34H56F3N3O5. The highest BCUT2D eigenvalue weighted by molar-refractivity contribution is 6.02. The van der Waals surface area contributed by atoms with Crippen LogP contribution >= 0.6 is 0 Å². The molecule has 1 saturated heterocycles. The lowest BCUT2D eigenvalue weighted by atomic mass is 9.86. The van der Waals surface area contributed by atoms with Gasteiger partial charge < -0.3 is 29.3 Å². The summed E-state index contributed by atoms with van der Waals surface area (Å²) in [5, 5.41) is 3.24. The van der Waals surface area contributed by atoms with Gasteiger partial charge in [0.2, 0.25) is 5.91 Å². The van der Waals surface area contributed by atoms with Crippen LogP contribution in [-0.2, 0) is 25.2 Å². The third-order valence-electron chi connectivity index (χ3n) is 8.41. The topological polar surface area (TPSA) is 80.3 Å². The number of alkyl halides is 3. The second kappa shape index (κ2) is 19.5. The minimum absolute atomic E-state index is 0.157. The summed E-state index contributed by atoms with van der Waals surface area (Å²) in [5.74, 6) is -0.925. The van der Waals surface area contributed by atoms with Gasteiger partial charge in [-0.15, -0.1) is 0 Å². The Kier molecular flexibility index (Phi) is 16.8. The van der Waals surface area contributed by atoms with Crippen LogP contribution in [0, 0.1) is 12.3 Å². The van der Waals surface area contributed by atoms with Gasteiger partial charge in [0, 0.05) is 65.4 Å². The highest BCUT2D eigenvalue weighted by Crippen LogP contribution is 2.38. The number of ether oxygens (including phenoxy) is 3. The van der Waals surface area contributed by atoms with Crippen molar-refractivity contribution in [1.29, 1.82) is 0 Å². The molecule has 8 nitrogen and oxygen atoms in total. The Morgan fingerprint density at radius 2 is 1.64 bits per heavy atom. The molecule has 2 fully saturated rings. The Hall–Kier alpha value is -2.21. The third kappa shape index (κ3) is 12.2. The van der Waals surface area contributed by atoms with Gasteiger partial charge in [-0.1, -0.05) is 26.2 Å². The van der Waals surface area contributed by atoms with Crippen molar-refractivity contribution >= 4 is 17.5 Å². The molecule has 0 aromatic heterocycles. The van der Waals surface area contributed by atoms with Gasteiger partial charge in [-0.2, -0.15) is 13.2 Å². The Morgan fingerprint density at radius 1 is 0.978 bits per heavy atom. The van der Waals surface area contributed by atoms with Crippen LogP contribution in [0.3, 0.4) is 0 Å². The molecule has 45 heavy (non-hydrogen) atoms. The first-order chi connectivity index (χ1) is 21.4. The number of anilines is 1. The Balaban J connectivity index is 0.00000221. The fraction of sp³-hybridized carbons (Fsp3) is 0.765. The minimum atomic E-state index is -4.74. The number of hydrogen-bond donors (Lipinski definition) is 1. The maximum Gasteiger partial charge on any atom is 0.417 e. The van der Waals surface area contributed by atoms with E-state index in [2.05, 4.69) is 5.32 Å². The van der Waals surface area contributed by atoms with Gasteiger partial charge in [0.05, 0.1) is 23.1 Å². The van der Waals surface area contributed by atoms with E-state index in [0.717, 1.165) is 25.5 Å². The molecule has 2 aliphatic rings. The van der Waals surface area contributed by atoms with E-state index in [4.69, 9.17) is 14.2 Å². The Labute approximate surface area is 268 Å². The summed E-state index contributed by atoms with van der Waals surface area (Å²) in [6.07, 6.45) is 3.71. The number of unbranched alkanes of at least 4 members (excludes halogenated alkanes) is 1. The van der Waals surface area contributed by atoms with Gasteiger partial charge in [0.1, 0.15) is 0 Å². The van der Waals surface area contributed by atoms with Crippen molar-refractivity contribution in [2.24, 2.45) is 5.41 Å². The van der Waals surface area contributed by atoms with Crippen molar-refractivity contribution in [3.05, 3.63) is 28.8 Å². The highest BCUT2D eigenvalue weighted by Gasteiger charge is 2.41. The number of benzene rings is 1. The molecule has 0 bridgehead atoms. The van der Waals surface area contributed by atoms with E-state index in [1.165, 1.54) is 30.2 Å². The molecular weight excluding hydrogens is 587 g/mol. The number of hydrogen-bond acceptors (Lipinski definition) is 6. The summed E-state index contributed by atoms with van der Waals surface area (Å²) in [7, 11) is 3.20. The molecule has 2 amide bonds. The number of halogens is 3. The second-order valence-electron chi connectivity index (χ2n) is 12.3. The van der Waals surface area contributed by atoms with E-state index >= 15 is 0 Å². The molecule has 1 aromatic carbocycles. The van der Waals surface area contributed by atoms with Crippen molar-refractivity contribution in [1.82, 2.24) is 10.2 Å². The summed E-state index contributed by atoms with van der Waals surface area (Å²) < 4.78 is 59.1. The van der Waals surface area contributed by atoms with Gasteiger partial charge in [-0.25, -0.2) is 0 Å². The van der Waals surface area contributed by atoms with Crippen LogP contribution in [0.2, 0.25) is 0 Å². The molecule has 11 heteroatoms. The predicted octanol–water partition coefficient (Wildman–Crippen LogP) is 6.63. The quantitative estimate of drug-likeness (QED) is 0.192. The van der Waals surface area contributed by atoms with E-state index in [9.17, 15) is 22.8 Å². The first kappa shape index (κ1) is 39.0. The summed E-state index contributed by atoms with van der Waals surface area (Å²) in [6, 6.07) is 2.09. The van der Waals surface area contributed by atoms with Crippen LogP contribution in [0.25, 0.3) is 0 Å². The SMILES string of the molecule is C1CC1.CCN(C(=O)c1cc(N(CCCCOC)C(=O)C(C)(CC)COCCCOC)c(C)cc1C(F)(F)F)C1CCCNC1. The number of rotatable bonds is 17. The van der Waals surface area contributed by atoms with E-state index in [0.29, 0.717) is 57.7 Å². The van der Waals surface area contributed by atoms with Crippen molar-refractivity contribution in [2.75, 3.05) is 71.7 Å². The van der Waals surface area contributed by atoms with Gasteiger partial charge >= 0.3 is 6.18 Å². The number of likely N-dealkylation sites (N-methyl/N-ethyl adjacent to an activating group) is 1. The molecule has 0 spiro atoms. The molecule has 1 aliphatic heterocycles. The first-order valence-electron chi connectivity index (χ1n) is 16.6. The number of aryl methyl sites for hydroxylation is 1. The summed E-state index contributed by atoms with van der Waals surface area (Å²) in [4.78, 5) is 31.1. The molecule has 1 aromatic rings. The number of amides is 2. The average molecular weight is 644 g/mol. The zero-order valence-electron chi connectivity index (χ0n) is 28.3. The van der Waals surface area contributed by atoms with Crippen LogP contribution < -0.4 is 10.2 Å². The fourth-order valence-electron chi connectivity index (χ4n) is 5.31. The molecule has 2 atom stereocenters. The van der Waals surface area contributed by atoms with E-state index in [1.807, 2.05) is 13.8 Å². The molecule has 0 radical (unpaired) electrons. The number of carbonyl (C=O) groups is 2. The van der Waals surface area contributed by atoms with Gasteiger partial charge in [0.25, 0.3) is 5.91 Å². The predicted molar refractivity (Wildman–Crippen MR) is 172 cm³/mol. The number of piperidine rings is 1. The standard InChI is InChI=1S/C31H50F3N3O5.C3H6/c1-7-30(4,22-42-18-12-17-41-6)29(39)37(15-9-10-16-40-5)27-20-25(26(19-23(27)3)31(32,33)34)28(38)36(8-2)24-13-11-14-35-21-24;1-2-3-1/h19-20,24,35H,7-18,21-22H2,1-6H3;1-3H2. The van der Waals surface area contributed by atoms with Crippen LogP contribution in [0.5, 0.6) is 0 Å². The third-order valence-corrected chi connectivity index (χ3v) is 8.41. The molecule has 2 unspecified atom stereocenters. The number of carbonyl (C=O) groups excluding carboxylic acids is 2. The van der Waals surface area contributed by atoms with Crippen molar-refractivity contribution < 1.29 is 37.0 Å². The summed E-state index contributed by atoms with van der Waals surface area (Å²) in [6.45, 7) is 10.5. The second-order valence-corrected chi connectivity index (χ2v) is 12.3. The van der Waals surface area contributed by atoms with Crippen LogP contribution in [-0.4, -0.2) is 89.6 Å². The number of methoxy groups -OCH3 is 2. The van der Waals surface area contributed by atoms with E-state index in [-0.39, 0.29) is 37.2 Å². The van der Waals surface area contributed by atoms with Crippen molar-refractivity contribution in [3.8, 4) is 0 Å². The van der Waals surface area contributed by atoms with E-state index < -0.39 is 28.6 Å². The molecule has 3 rings (SSSR count). The normalized spacial score (nSPS) is 17.6. The molecule has 1 heterocycles. The highest BCUT2D eigenvalue weighted by atomic mass is 19.4. The molecule has 1 aliphatic carbocycles. The van der Waals surface area contributed by atoms with Crippen LogP contribution in [0.15, 0.2) is 12.1 Å². The smallest absolute Gasteiger partial charge is 0.385 e. The lowest BCUT2D eigenvalue weighted by molar-refractivity contribution is -0.138. The Bertz CT molecular complexity index is 1040. The lowest BCUT2D eigenvalue weighted by Gasteiger charge is -2.36. The molecule has 1 N–H and O–H groups in total. The summed E-state index contributed by atoms with van der Waals surface area (Å²) >= 11 is 0. The van der Waals surface area contributed by atoms with Crippen LogP contribution in [0.4, 0.5) is 18.9 Å². The zero-order valence-corrected chi connectivity index (χ0v) is 28.3. The van der Waals surface area contributed by atoms with E-state index in [1.54, 1.807) is 33.0 Å². The van der Waals surface area contributed by atoms with Crippen molar-refractivity contribution in [3.63, 3.8) is 0 Å². The average Bonchev–Trinajstić information content (AvgIpc) is 3.91. The maximum atomic E-state index is 14.3. The molecule has 258 valence electrons. The monoisotopic (exact) mass is 643 g/mol. The van der Waals surface area contributed by atoms with Gasteiger partial charge in [-0.05, 0) is 83.5 Å². The van der Waals surface area contributed by atoms with Gasteiger partial charge in [-0.3, -0.25) is 9.59 Å². The summed E-state index contributed by atoms with van der Waals surface area (Å²) in [5.41, 5.74) is -1.75. The molecule has 1 saturated carbocycles.